The molecule has 0 aromatic rings. The summed E-state index contributed by atoms with van der Waals surface area (Å²) < 4.78 is 5.88. The van der Waals surface area contributed by atoms with Crippen LogP contribution in [0.1, 0.15) is 58.8 Å². The molecule has 0 N–H and O–H groups in total. The van der Waals surface area contributed by atoms with Gasteiger partial charge in [-0.3, -0.25) is 4.79 Å². The number of carbonyl (C=O) groups excluding carboxylic acids is 1. The third kappa shape index (κ3) is 4.74. The van der Waals surface area contributed by atoms with Crippen LogP contribution in [-0.4, -0.2) is 12.4 Å². The molecule has 22 heavy (non-hydrogen) atoms. The molecule has 0 saturated heterocycles. The Morgan fingerprint density at radius 1 is 1.36 bits per heavy atom. The molecule has 0 bridgehead atoms. The molecule has 0 spiro atoms. The molecule has 0 heterocycles. The maximum atomic E-state index is 11.6. The van der Waals surface area contributed by atoms with Crippen molar-refractivity contribution in [1.82, 2.24) is 0 Å². The number of hydrogen-bond donors (Lipinski definition) is 0. The van der Waals surface area contributed by atoms with Crippen LogP contribution in [0.2, 0.25) is 0 Å². The Hall–Kier alpha value is -1.53. The van der Waals surface area contributed by atoms with Gasteiger partial charge in [0.2, 0.25) is 0 Å². The van der Waals surface area contributed by atoms with Crippen molar-refractivity contribution in [3.05, 3.63) is 41.4 Å². The Balaban J connectivity index is 1.90. The zero-order valence-corrected chi connectivity index (χ0v) is 13.9. The normalized spacial score (nSPS) is 22.4. The Kier molecular flexibility index (Phi) is 6.27. The molecule has 2 nitrogen and oxygen atoms in total. The highest BCUT2D eigenvalue weighted by atomic mass is 16.5. The van der Waals surface area contributed by atoms with Crippen molar-refractivity contribution in [3.8, 4) is 0 Å². The summed E-state index contributed by atoms with van der Waals surface area (Å²) in [6, 6.07) is 0. The van der Waals surface area contributed by atoms with Gasteiger partial charge in [-0.25, -0.2) is 0 Å². The number of rotatable bonds is 6. The van der Waals surface area contributed by atoms with Crippen molar-refractivity contribution in [2.24, 2.45) is 11.8 Å². The minimum atomic E-state index is -0.0645. The molecular formula is C20H27O2. The Bertz CT molecular complexity index is 512. The van der Waals surface area contributed by atoms with Crippen LogP contribution in [0.3, 0.4) is 0 Å². The third-order valence-corrected chi connectivity index (χ3v) is 4.75. The van der Waals surface area contributed by atoms with E-state index in [9.17, 15) is 4.79 Å². The zero-order valence-electron chi connectivity index (χ0n) is 13.9. The lowest BCUT2D eigenvalue weighted by Crippen LogP contribution is -2.15. The van der Waals surface area contributed by atoms with Crippen molar-refractivity contribution in [3.63, 3.8) is 0 Å². The van der Waals surface area contributed by atoms with Crippen LogP contribution < -0.4 is 0 Å². The quantitative estimate of drug-likeness (QED) is 0.513. The lowest BCUT2D eigenvalue weighted by atomic mass is 9.87. The third-order valence-electron chi connectivity index (χ3n) is 4.75. The predicted octanol–water partition coefficient (Wildman–Crippen LogP) is 4.93. The molecule has 0 unspecified atom stereocenters. The van der Waals surface area contributed by atoms with Gasteiger partial charge >= 0.3 is 0 Å². The van der Waals surface area contributed by atoms with Crippen molar-refractivity contribution in [2.75, 3.05) is 6.61 Å². The van der Waals surface area contributed by atoms with Crippen molar-refractivity contribution in [1.29, 1.82) is 0 Å². The fraction of sp³-hybridized carbons (Fsp3) is 0.600. The second-order valence-corrected chi connectivity index (χ2v) is 6.62. The number of ether oxygens (including phenoxy) is 1. The van der Waals surface area contributed by atoms with Crippen molar-refractivity contribution >= 4 is 5.78 Å². The van der Waals surface area contributed by atoms with Gasteiger partial charge in [0.1, 0.15) is 5.78 Å². The molecule has 119 valence electrons. The number of allylic oxidation sites excluding steroid dienone is 4. The lowest BCUT2D eigenvalue weighted by Gasteiger charge is -2.23. The number of ketones is 1. The molecule has 2 rings (SSSR count). The van der Waals surface area contributed by atoms with E-state index in [2.05, 4.69) is 11.8 Å². The zero-order chi connectivity index (χ0) is 15.9. The molecule has 1 radical (unpaired) electrons. The first-order valence-electron chi connectivity index (χ1n) is 8.46. The Morgan fingerprint density at radius 3 is 2.73 bits per heavy atom. The molecule has 0 aromatic heterocycles. The van der Waals surface area contributed by atoms with Crippen LogP contribution in [0, 0.1) is 18.4 Å². The first-order valence-corrected chi connectivity index (χ1v) is 8.46. The van der Waals surface area contributed by atoms with Crippen LogP contribution in [0.25, 0.3) is 0 Å². The van der Waals surface area contributed by atoms with E-state index in [4.69, 9.17) is 11.3 Å². The summed E-state index contributed by atoms with van der Waals surface area (Å²) >= 11 is 0. The molecule has 2 heteroatoms. The molecule has 1 saturated carbocycles. The number of Topliss-reactive ketones (excluding diaryl/α,β-unsaturated/α-hetero) is 1. The van der Waals surface area contributed by atoms with E-state index >= 15 is 0 Å². The van der Waals surface area contributed by atoms with Crippen LogP contribution in [0.15, 0.2) is 34.8 Å². The van der Waals surface area contributed by atoms with E-state index < -0.39 is 0 Å². The monoisotopic (exact) mass is 299 g/mol. The second kappa shape index (κ2) is 8.19. The fourth-order valence-electron chi connectivity index (χ4n) is 3.44. The summed E-state index contributed by atoms with van der Waals surface area (Å²) in [6.45, 7) is 9.96. The van der Waals surface area contributed by atoms with Crippen LogP contribution in [0.4, 0.5) is 0 Å². The molecule has 0 amide bonds. The average Bonchev–Trinajstić information content (AvgIpc) is 2.52. The Morgan fingerprint density at radius 2 is 2.09 bits per heavy atom. The first-order chi connectivity index (χ1) is 10.6. The van der Waals surface area contributed by atoms with E-state index in [1.807, 2.05) is 13.0 Å². The van der Waals surface area contributed by atoms with Crippen molar-refractivity contribution < 1.29 is 9.53 Å². The van der Waals surface area contributed by atoms with Crippen LogP contribution >= 0.6 is 0 Å². The number of carbonyl (C=O) groups is 1. The van der Waals surface area contributed by atoms with Crippen molar-refractivity contribution in [2.45, 2.75) is 58.8 Å². The smallest absolute Gasteiger partial charge is 0.165 e. The van der Waals surface area contributed by atoms with Gasteiger partial charge in [0.15, 0.2) is 5.76 Å². The maximum Gasteiger partial charge on any atom is 0.165 e. The highest BCUT2D eigenvalue weighted by Crippen LogP contribution is 2.30. The van der Waals surface area contributed by atoms with Gasteiger partial charge in [0, 0.05) is 11.5 Å². The second-order valence-electron chi connectivity index (χ2n) is 6.62. The lowest BCUT2D eigenvalue weighted by molar-refractivity contribution is -0.119. The standard InChI is InChI=1S/C20H27O2/c1-4-20(22-11-10-17-8-6-5-7-9-17)19-13-15(2)12-18(14-19)16(3)21/h1,12-13,17-18H,5-11,14H2,2-3H3/t4?,18-/m1/s1. The first kappa shape index (κ1) is 16.8. The van der Waals surface area contributed by atoms with Gasteiger partial charge in [0.25, 0.3) is 0 Å². The summed E-state index contributed by atoms with van der Waals surface area (Å²) in [5.41, 5.74) is 4.76. The fourth-order valence-corrected chi connectivity index (χ4v) is 3.44. The predicted molar refractivity (Wildman–Crippen MR) is 89.1 cm³/mol. The van der Waals surface area contributed by atoms with E-state index in [0.717, 1.165) is 23.5 Å². The van der Waals surface area contributed by atoms with Gasteiger partial charge in [-0.1, -0.05) is 55.6 Å². The molecule has 0 aromatic carbocycles. The topological polar surface area (TPSA) is 26.3 Å². The largest absolute Gasteiger partial charge is 0.486 e. The average molecular weight is 299 g/mol. The summed E-state index contributed by atoms with van der Waals surface area (Å²) in [5.74, 6) is 1.53. The van der Waals surface area contributed by atoms with Gasteiger partial charge in [-0.2, -0.15) is 0 Å². The molecule has 1 fully saturated rings. The summed E-state index contributed by atoms with van der Waals surface area (Å²) in [5, 5.41) is 0. The van der Waals surface area contributed by atoms with E-state index in [-0.39, 0.29) is 11.7 Å². The van der Waals surface area contributed by atoms with E-state index in [1.165, 1.54) is 32.1 Å². The summed E-state index contributed by atoms with van der Waals surface area (Å²) in [4.78, 5) is 11.6. The van der Waals surface area contributed by atoms with Gasteiger partial charge in [-0.05, 0) is 39.2 Å². The van der Waals surface area contributed by atoms with Crippen LogP contribution in [0.5, 0.6) is 0 Å². The SMILES string of the molecule is [CH]=C=C(OCCC1CCCCC1)C1=CC(C)=C[C@@H](C(C)=O)C1. The highest BCUT2D eigenvalue weighted by molar-refractivity contribution is 5.81. The Labute approximate surface area is 134 Å². The summed E-state index contributed by atoms with van der Waals surface area (Å²) in [6.07, 6.45) is 12.6. The minimum absolute atomic E-state index is 0.0645. The van der Waals surface area contributed by atoms with Gasteiger partial charge in [-0.15, -0.1) is 0 Å². The minimum Gasteiger partial charge on any atom is -0.486 e. The summed E-state index contributed by atoms with van der Waals surface area (Å²) in [7, 11) is 0. The highest BCUT2D eigenvalue weighted by Gasteiger charge is 2.21. The van der Waals surface area contributed by atoms with E-state index in [1.54, 1.807) is 6.92 Å². The molecule has 2 aliphatic carbocycles. The molecule has 0 aliphatic heterocycles. The van der Waals surface area contributed by atoms with Gasteiger partial charge < -0.3 is 4.74 Å². The van der Waals surface area contributed by atoms with Gasteiger partial charge in [0.05, 0.1) is 6.61 Å². The molecule has 2 aliphatic rings. The maximum absolute atomic E-state index is 11.6. The van der Waals surface area contributed by atoms with E-state index in [0.29, 0.717) is 18.8 Å². The number of hydrogen-bond acceptors (Lipinski definition) is 2. The van der Waals surface area contributed by atoms with Crippen LogP contribution in [-0.2, 0) is 9.53 Å². The molecular weight excluding hydrogens is 272 g/mol. The molecule has 1 atom stereocenters.